The summed E-state index contributed by atoms with van der Waals surface area (Å²) in [7, 11) is 0. The summed E-state index contributed by atoms with van der Waals surface area (Å²) in [4.78, 5) is 12.4. The molecule has 0 fully saturated rings. The second-order valence-corrected chi connectivity index (χ2v) is 7.56. The summed E-state index contributed by atoms with van der Waals surface area (Å²) in [5, 5.41) is 12.2. The fourth-order valence-electron chi connectivity index (χ4n) is 2.46. The molecule has 1 aromatic heterocycles. The quantitative estimate of drug-likeness (QED) is 0.595. The first-order valence-corrected chi connectivity index (χ1v) is 9.66. The average Bonchev–Trinajstić information content (AvgIpc) is 3.06. The van der Waals surface area contributed by atoms with Crippen LogP contribution < -0.4 is 5.32 Å². The number of halogens is 2. The summed E-state index contributed by atoms with van der Waals surface area (Å²) in [6.45, 7) is 4.45. The molecule has 0 saturated heterocycles. The number of nitrogens with zero attached hydrogens (tertiary/aromatic N) is 3. The zero-order valence-corrected chi connectivity index (χ0v) is 16.4. The van der Waals surface area contributed by atoms with Gasteiger partial charge in [-0.2, -0.15) is 0 Å². The van der Waals surface area contributed by atoms with E-state index in [0.29, 0.717) is 22.4 Å². The van der Waals surface area contributed by atoms with Crippen molar-refractivity contribution >= 4 is 35.0 Å². The van der Waals surface area contributed by atoms with Gasteiger partial charge in [-0.05, 0) is 62.4 Å². The fourth-order valence-corrected chi connectivity index (χ4v) is 3.50. The van der Waals surface area contributed by atoms with E-state index in [4.69, 9.17) is 11.6 Å². The van der Waals surface area contributed by atoms with Gasteiger partial charge in [0.2, 0.25) is 5.91 Å². The van der Waals surface area contributed by atoms with E-state index in [1.807, 2.05) is 23.6 Å². The molecule has 1 heterocycles. The van der Waals surface area contributed by atoms with Gasteiger partial charge in [-0.3, -0.25) is 4.79 Å². The molecule has 0 aliphatic rings. The molecule has 8 heteroatoms. The van der Waals surface area contributed by atoms with Crippen LogP contribution in [0.5, 0.6) is 0 Å². The first-order chi connectivity index (χ1) is 13.0. The van der Waals surface area contributed by atoms with Gasteiger partial charge in [-0.1, -0.05) is 23.4 Å². The van der Waals surface area contributed by atoms with Gasteiger partial charge in [-0.25, -0.2) is 4.39 Å². The predicted octanol–water partition coefficient (Wildman–Crippen LogP) is 4.88. The Labute approximate surface area is 166 Å². The Morgan fingerprint density at radius 1 is 1.19 bits per heavy atom. The summed E-state index contributed by atoms with van der Waals surface area (Å²) < 4.78 is 14.9. The lowest BCUT2D eigenvalue weighted by molar-refractivity contribution is -0.115. The number of benzene rings is 2. The van der Waals surface area contributed by atoms with Crippen LogP contribution in [0.1, 0.15) is 13.8 Å². The van der Waals surface area contributed by atoms with E-state index in [1.165, 1.54) is 36.0 Å². The Balaban J connectivity index is 1.73. The summed E-state index contributed by atoms with van der Waals surface area (Å²) in [5.74, 6) is 0.189. The van der Waals surface area contributed by atoms with Crippen LogP contribution in [0.3, 0.4) is 0 Å². The molecule has 2 aromatic carbocycles. The molecule has 0 aliphatic carbocycles. The molecule has 0 saturated carbocycles. The molecule has 140 valence electrons. The summed E-state index contributed by atoms with van der Waals surface area (Å²) >= 11 is 7.27. The van der Waals surface area contributed by atoms with Gasteiger partial charge >= 0.3 is 0 Å². The van der Waals surface area contributed by atoms with Crippen molar-refractivity contribution in [2.75, 3.05) is 5.32 Å². The lowest BCUT2D eigenvalue weighted by Crippen LogP contribution is -2.23. The van der Waals surface area contributed by atoms with Gasteiger partial charge < -0.3 is 9.88 Å². The van der Waals surface area contributed by atoms with E-state index in [1.54, 1.807) is 19.1 Å². The van der Waals surface area contributed by atoms with Gasteiger partial charge in [0.05, 0.1) is 5.25 Å². The van der Waals surface area contributed by atoms with Crippen molar-refractivity contribution in [1.29, 1.82) is 0 Å². The van der Waals surface area contributed by atoms with E-state index in [2.05, 4.69) is 15.5 Å². The van der Waals surface area contributed by atoms with E-state index in [-0.39, 0.29) is 11.7 Å². The molecule has 1 atom stereocenters. The predicted molar refractivity (Wildman–Crippen MR) is 106 cm³/mol. The molecule has 5 nitrogen and oxygen atoms in total. The molecule has 27 heavy (non-hydrogen) atoms. The highest BCUT2D eigenvalue weighted by atomic mass is 35.5. The molecule has 3 rings (SSSR count). The molecule has 3 aromatic rings. The van der Waals surface area contributed by atoms with Crippen molar-refractivity contribution < 1.29 is 9.18 Å². The van der Waals surface area contributed by atoms with Gasteiger partial charge in [0.15, 0.2) is 11.0 Å². The summed E-state index contributed by atoms with van der Waals surface area (Å²) in [6, 6.07) is 13.0. The topological polar surface area (TPSA) is 59.8 Å². The number of nitrogens with one attached hydrogen (secondary N) is 1. The SMILES string of the molecule is CCn1c(S[C@H](C)C(=O)Nc2ccc(F)cc2)nnc1-c1ccc(Cl)cc1. The Bertz CT molecular complexity index is 928. The van der Waals surface area contributed by atoms with Gasteiger partial charge in [0.1, 0.15) is 5.82 Å². The molecule has 0 spiro atoms. The second kappa shape index (κ2) is 8.54. The van der Waals surface area contributed by atoms with Crippen LogP contribution in [-0.2, 0) is 11.3 Å². The third-order valence-electron chi connectivity index (χ3n) is 3.90. The van der Waals surface area contributed by atoms with Crippen LogP contribution in [0.25, 0.3) is 11.4 Å². The second-order valence-electron chi connectivity index (χ2n) is 5.81. The number of aromatic nitrogens is 3. The summed E-state index contributed by atoms with van der Waals surface area (Å²) in [6.07, 6.45) is 0. The Morgan fingerprint density at radius 3 is 2.48 bits per heavy atom. The number of carbonyl (C=O) groups excluding carboxylic acids is 1. The van der Waals surface area contributed by atoms with Crippen molar-refractivity contribution in [2.24, 2.45) is 0 Å². The molecule has 0 aliphatic heterocycles. The van der Waals surface area contributed by atoms with Crippen LogP contribution in [0, 0.1) is 5.82 Å². The average molecular weight is 405 g/mol. The number of carbonyl (C=O) groups is 1. The minimum Gasteiger partial charge on any atom is -0.325 e. The third-order valence-corrected chi connectivity index (χ3v) is 5.23. The molecule has 1 N–H and O–H groups in total. The molecule has 0 unspecified atom stereocenters. The van der Waals surface area contributed by atoms with Crippen LogP contribution in [0.4, 0.5) is 10.1 Å². The minimum absolute atomic E-state index is 0.190. The normalized spacial score (nSPS) is 12.0. The smallest absolute Gasteiger partial charge is 0.237 e. The first-order valence-electron chi connectivity index (χ1n) is 8.40. The molecular formula is C19H18ClFN4OS. The van der Waals surface area contributed by atoms with E-state index in [9.17, 15) is 9.18 Å². The maximum Gasteiger partial charge on any atom is 0.237 e. The van der Waals surface area contributed by atoms with Gasteiger partial charge in [0, 0.05) is 22.8 Å². The number of rotatable bonds is 6. The van der Waals surface area contributed by atoms with Crippen LogP contribution in [0.15, 0.2) is 53.7 Å². The van der Waals surface area contributed by atoms with Crippen molar-refractivity contribution in [1.82, 2.24) is 14.8 Å². The van der Waals surface area contributed by atoms with Crippen molar-refractivity contribution in [2.45, 2.75) is 30.8 Å². The van der Waals surface area contributed by atoms with Crippen LogP contribution >= 0.6 is 23.4 Å². The lowest BCUT2D eigenvalue weighted by atomic mass is 10.2. The van der Waals surface area contributed by atoms with Crippen molar-refractivity contribution in [3.63, 3.8) is 0 Å². The Morgan fingerprint density at radius 2 is 1.85 bits per heavy atom. The number of hydrogen-bond donors (Lipinski definition) is 1. The molecular weight excluding hydrogens is 387 g/mol. The van der Waals surface area contributed by atoms with Gasteiger partial charge in [-0.15, -0.1) is 10.2 Å². The maximum absolute atomic E-state index is 13.0. The monoisotopic (exact) mass is 404 g/mol. The Hall–Kier alpha value is -2.38. The zero-order chi connectivity index (χ0) is 19.4. The standard InChI is InChI=1S/C19H18ClFN4OS/c1-3-25-17(13-4-6-14(20)7-5-13)23-24-19(25)27-12(2)18(26)22-16-10-8-15(21)9-11-16/h4-12H,3H2,1-2H3,(H,22,26)/t12-/m1/s1. The highest BCUT2D eigenvalue weighted by Gasteiger charge is 2.20. The number of thioether (sulfide) groups is 1. The molecule has 1 amide bonds. The summed E-state index contributed by atoms with van der Waals surface area (Å²) in [5.41, 5.74) is 1.46. The van der Waals surface area contributed by atoms with E-state index in [0.717, 1.165) is 11.4 Å². The Kier molecular flexibility index (Phi) is 6.13. The highest BCUT2D eigenvalue weighted by Crippen LogP contribution is 2.28. The minimum atomic E-state index is -0.400. The van der Waals surface area contributed by atoms with Crippen molar-refractivity contribution in [3.05, 3.63) is 59.4 Å². The third kappa shape index (κ3) is 4.67. The highest BCUT2D eigenvalue weighted by molar-refractivity contribution is 8.00. The van der Waals surface area contributed by atoms with E-state index >= 15 is 0 Å². The van der Waals surface area contributed by atoms with Crippen molar-refractivity contribution in [3.8, 4) is 11.4 Å². The number of amides is 1. The number of hydrogen-bond acceptors (Lipinski definition) is 4. The van der Waals surface area contributed by atoms with Gasteiger partial charge in [0.25, 0.3) is 0 Å². The largest absolute Gasteiger partial charge is 0.325 e. The van der Waals surface area contributed by atoms with Crippen LogP contribution in [0.2, 0.25) is 5.02 Å². The first kappa shape index (κ1) is 19.4. The lowest BCUT2D eigenvalue weighted by Gasteiger charge is -2.13. The zero-order valence-electron chi connectivity index (χ0n) is 14.8. The maximum atomic E-state index is 13.0. The molecule has 0 bridgehead atoms. The van der Waals surface area contributed by atoms with E-state index < -0.39 is 5.25 Å². The fraction of sp³-hybridized carbons (Fsp3) is 0.211. The molecule has 0 radical (unpaired) electrons. The van der Waals surface area contributed by atoms with Crippen LogP contribution in [-0.4, -0.2) is 25.9 Å². The number of anilines is 1.